The number of rotatable bonds is 2. The first-order chi connectivity index (χ1) is 8.75. The predicted octanol–water partition coefficient (Wildman–Crippen LogP) is 2.21. The van der Waals surface area contributed by atoms with E-state index in [4.69, 9.17) is 0 Å². The molecule has 0 fully saturated rings. The van der Waals surface area contributed by atoms with Gasteiger partial charge in [-0.3, -0.25) is 9.36 Å². The lowest BCUT2D eigenvalue weighted by Gasteiger charge is -2.04. The second-order valence-corrected chi connectivity index (χ2v) is 4.86. The molecule has 0 atom stereocenters. The maximum absolute atomic E-state index is 12.3. The first-order valence-electron chi connectivity index (χ1n) is 5.61. The van der Waals surface area contributed by atoms with Crippen molar-refractivity contribution in [2.45, 2.75) is 13.5 Å². The largest absolute Gasteiger partial charge is 0.294 e. The fourth-order valence-corrected chi connectivity index (χ4v) is 2.64. The summed E-state index contributed by atoms with van der Waals surface area (Å²) >= 11 is 1.27. The summed E-state index contributed by atoms with van der Waals surface area (Å²) in [4.78, 5) is 17.3. The summed E-state index contributed by atoms with van der Waals surface area (Å²) in [6, 6.07) is 9.87. The normalized spacial score (nSPS) is 10.9. The van der Waals surface area contributed by atoms with Crippen LogP contribution in [0.1, 0.15) is 11.3 Å². The molecular formula is C13H11N3OS. The molecule has 0 saturated heterocycles. The van der Waals surface area contributed by atoms with Gasteiger partial charge < -0.3 is 0 Å². The Bertz CT molecular complexity index is 746. The zero-order valence-corrected chi connectivity index (χ0v) is 10.6. The minimum atomic E-state index is -0.0184. The van der Waals surface area contributed by atoms with Crippen molar-refractivity contribution >= 4 is 21.7 Å². The molecule has 0 unspecified atom stereocenters. The van der Waals surface area contributed by atoms with Crippen molar-refractivity contribution in [2.24, 2.45) is 0 Å². The Morgan fingerprint density at radius 2 is 2.06 bits per heavy atom. The van der Waals surface area contributed by atoms with E-state index in [2.05, 4.69) is 9.36 Å². The summed E-state index contributed by atoms with van der Waals surface area (Å²) < 4.78 is 5.79. The lowest BCUT2D eigenvalue weighted by atomic mass is 10.2. The van der Waals surface area contributed by atoms with Gasteiger partial charge >= 0.3 is 0 Å². The number of benzene rings is 1. The molecule has 3 aromatic rings. The zero-order chi connectivity index (χ0) is 12.5. The maximum Gasteiger partial charge on any atom is 0.264 e. The van der Waals surface area contributed by atoms with Crippen LogP contribution in [0, 0.1) is 6.92 Å². The quantitative estimate of drug-likeness (QED) is 0.707. The highest BCUT2D eigenvalue weighted by atomic mass is 32.1. The van der Waals surface area contributed by atoms with Crippen LogP contribution in [0.15, 0.2) is 41.5 Å². The molecule has 18 heavy (non-hydrogen) atoms. The number of nitrogens with zero attached hydrogens (tertiary/aromatic N) is 3. The molecule has 90 valence electrons. The van der Waals surface area contributed by atoms with Gasteiger partial charge in [0.25, 0.3) is 5.56 Å². The molecule has 0 bridgehead atoms. The highest BCUT2D eigenvalue weighted by Gasteiger charge is 2.10. The molecule has 0 aliphatic carbocycles. The minimum absolute atomic E-state index is 0.0184. The topological polar surface area (TPSA) is 47.8 Å². The van der Waals surface area contributed by atoms with E-state index in [9.17, 15) is 4.79 Å². The number of aromatic nitrogens is 3. The van der Waals surface area contributed by atoms with Crippen LogP contribution >= 0.6 is 11.5 Å². The fourth-order valence-electron chi connectivity index (χ4n) is 1.90. The molecule has 0 N–H and O–H groups in total. The highest BCUT2D eigenvalue weighted by molar-refractivity contribution is 7.12. The Balaban J connectivity index is 2.11. The van der Waals surface area contributed by atoms with Crippen LogP contribution in [0.4, 0.5) is 0 Å². The average molecular weight is 257 g/mol. The standard InChI is InChI=1S/C13H11N3OS/c1-9-11-12(18-15-9)14-8-16(13(11)17)7-10-5-3-2-4-6-10/h2-6,8H,7H2,1H3. The number of fused-ring (bicyclic) bond motifs is 1. The monoisotopic (exact) mass is 257 g/mol. The Hall–Kier alpha value is -2.01. The van der Waals surface area contributed by atoms with E-state index < -0.39 is 0 Å². The van der Waals surface area contributed by atoms with Crippen LogP contribution in [0.5, 0.6) is 0 Å². The smallest absolute Gasteiger partial charge is 0.264 e. The van der Waals surface area contributed by atoms with Crippen LogP contribution in [0.3, 0.4) is 0 Å². The maximum atomic E-state index is 12.3. The van der Waals surface area contributed by atoms with Crippen molar-refractivity contribution in [1.29, 1.82) is 0 Å². The molecule has 0 amide bonds. The Labute approximate surface area is 108 Å². The molecule has 2 heterocycles. The van der Waals surface area contributed by atoms with E-state index in [1.165, 1.54) is 11.5 Å². The van der Waals surface area contributed by atoms with Crippen molar-refractivity contribution in [2.75, 3.05) is 0 Å². The van der Waals surface area contributed by atoms with Crippen molar-refractivity contribution in [3.63, 3.8) is 0 Å². The first kappa shape index (κ1) is 11.1. The number of hydrogen-bond donors (Lipinski definition) is 0. The van der Waals surface area contributed by atoms with Crippen LogP contribution in [0.2, 0.25) is 0 Å². The molecule has 0 radical (unpaired) electrons. The summed E-state index contributed by atoms with van der Waals surface area (Å²) in [5.74, 6) is 0. The lowest BCUT2D eigenvalue weighted by Crippen LogP contribution is -2.21. The molecule has 4 nitrogen and oxygen atoms in total. The summed E-state index contributed by atoms with van der Waals surface area (Å²) in [6.07, 6.45) is 1.59. The predicted molar refractivity (Wildman–Crippen MR) is 72.0 cm³/mol. The summed E-state index contributed by atoms with van der Waals surface area (Å²) in [7, 11) is 0. The van der Waals surface area contributed by atoms with Crippen LogP contribution in [-0.4, -0.2) is 13.9 Å². The van der Waals surface area contributed by atoms with Crippen LogP contribution < -0.4 is 5.56 Å². The Morgan fingerprint density at radius 1 is 1.28 bits per heavy atom. The van der Waals surface area contributed by atoms with Gasteiger partial charge in [-0.1, -0.05) is 30.3 Å². The van der Waals surface area contributed by atoms with Crippen molar-refractivity contribution in [3.8, 4) is 0 Å². The first-order valence-corrected chi connectivity index (χ1v) is 6.38. The zero-order valence-electron chi connectivity index (χ0n) is 9.83. The summed E-state index contributed by atoms with van der Waals surface area (Å²) in [6.45, 7) is 2.38. The van der Waals surface area contributed by atoms with Crippen LogP contribution in [0.25, 0.3) is 10.2 Å². The van der Waals surface area contributed by atoms with Gasteiger partial charge in [-0.05, 0) is 24.0 Å². The van der Waals surface area contributed by atoms with E-state index in [0.717, 1.165) is 11.3 Å². The molecule has 5 heteroatoms. The van der Waals surface area contributed by atoms with E-state index in [0.29, 0.717) is 16.8 Å². The SMILES string of the molecule is Cc1nsc2ncn(Cc3ccccc3)c(=O)c12. The Morgan fingerprint density at radius 3 is 2.83 bits per heavy atom. The molecule has 3 rings (SSSR count). The molecule has 2 aromatic heterocycles. The third-order valence-electron chi connectivity index (χ3n) is 2.83. The minimum Gasteiger partial charge on any atom is -0.294 e. The van der Waals surface area contributed by atoms with Gasteiger partial charge in [-0.15, -0.1) is 0 Å². The number of aryl methyl sites for hydroxylation is 1. The molecular weight excluding hydrogens is 246 g/mol. The van der Waals surface area contributed by atoms with E-state index in [1.807, 2.05) is 37.3 Å². The van der Waals surface area contributed by atoms with Gasteiger partial charge in [-0.2, -0.15) is 4.37 Å². The molecule has 1 aromatic carbocycles. The summed E-state index contributed by atoms with van der Waals surface area (Å²) in [5.41, 5.74) is 1.83. The van der Waals surface area contributed by atoms with Gasteiger partial charge in [0, 0.05) is 0 Å². The lowest BCUT2D eigenvalue weighted by molar-refractivity contribution is 0.749. The third kappa shape index (κ3) is 1.82. The van der Waals surface area contributed by atoms with Gasteiger partial charge in [0.2, 0.25) is 0 Å². The van der Waals surface area contributed by atoms with E-state index in [1.54, 1.807) is 10.9 Å². The fraction of sp³-hybridized carbons (Fsp3) is 0.154. The van der Waals surface area contributed by atoms with Crippen LogP contribution in [-0.2, 0) is 6.54 Å². The Kier molecular flexibility index (Phi) is 2.68. The van der Waals surface area contributed by atoms with Gasteiger partial charge in [0.15, 0.2) is 4.83 Å². The van der Waals surface area contributed by atoms with Gasteiger partial charge in [0.1, 0.15) is 0 Å². The van der Waals surface area contributed by atoms with E-state index in [-0.39, 0.29) is 5.56 Å². The van der Waals surface area contributed by atoms with Crippen molar-refractivity contribution in [1.82, 2.24) is 13.9 Å². The van der Waals surface area contributed by atoms with Crippen molar-refractivity contribution in [3.05, 3.63) is 58.3 Å². The second-order valence-electron chi connectivity index (χ2n) is 4.11. The highest BCUT2D eigenvalue weighted by Crippen LogP contribution is 2.15. The molecule has 0 aliphatic rings. The molecule has 0 saturated carbocycles. The molecule has 0 aliphatic heterocycles. The summed E-state index contributed by atoms with van der Waals surface area (Å²) in [5, 5.41) is 0.637. The van der Waals surface area contributed by atoms with Crippen molar-refractivity contribution < 1.29 is 0 Å². The molecule has 0 spiro atoms. The third-order valence-corrected chi connectivity index (χ3v) is 3.68. The van der Waals surface area contributed by atoms with Gasteiger partial charge in [-0.25, -0.2) is 4.98 Å². The van der Waals surface area contributed by atoms with E-state index >= 15 is 0 Å². The second kappa shape index (κ2) is 4.34. The van der Waals surface area contributed by atoms with Gasteiger partial charge in [0.05, 0.1) is 24.0 Å². The number of hydrogen-bond acceptors (Lipinski definition) is 4. The average Bonchev–Trinajstić information content (AvgIpc) is 2.77.